The van der Waals surface area contributed by atoms with Gasteiger partial charge in [-0.1, -0.05) is 35.9 Å². The summed E-state index contributed by atoms with van der Waals surface area (Å²) in [6.07, 6.45) is -1.00. The van der Waals surface area contributed by atoms with Gasteiger partial charge in [-0.05, 0) is 48.5 Å². The fourth-order valence-corrected chi connectivity index (χ4v) is 3.48. The topological polar surface area (TPSA) is 51.2 Å². The number of amides is 1. The van der Waals surface area contributed by atoms with E-state index in [4.69, 9.17) is 25.9 Å². The van der Waals surface area contributed by atoms with Gasteiger partial charge in [0.1, 0.15) is 0 Å². The molecule has 140 valence electrons. The second-order valence-corrected chi connectivity index (χ2v) is 6.79. The largest absolute Gasteiger partial charge is 0.454 e. The summed E-state index contributed by atoms with van der Waals surface area (Å²) in [6, 6.07) is 22.1. The number of ether oxygens (including phenoxy) is 2. The van der Waals surface area contributed by atoms with Crippen molar-refractivity contribution in [3.8, 4) is 11.5 Å². The lowest BCUT2D eigenvalue weighted by atomic mass is 10.1. The molecule has 1 saturated heterocycles. The van der Waals surface area contributed by atoms with E-state index in [-0.39, 0.29) is 6.79 Å². The van der Waals surface area contributed by atoms with Gasteiger partial charge in [0, 0.05) is 16.3 Å². The molecule has 0 bridgehead atoms. The van der Waals surface area contributed by atoms with Crippen molar-refractivity contribution in [3.05, 3.63) is 83.4 Å². The summed E-state index contributed by atoms with van der Waals surface area (Å²) in [7, 11) is 0. The highest BCUT2D eigenvalue weighted by atomic mass is 35.5. The Morgan fingerprint density at radius 2 is 1.61 bits per heavy atom. The van der Waals surface area contributed by atoms with Gasteiger partial charge in [-0.25, -0.2) is 9.69 Å². The maximum Gasteiger partial charge on any atom is 0.440 e. The Morgan fingerprint density at radius 3 is 2.39 bits per heavy atom. The zero-order chi connectivity index (χ0) is 19.1. The van der Waals surface area contributed by atoms with Gasteiger partial charge in [0.15, 0.2) is 17.7 Å². The predicted molar refractivity (Wildman–Crippen MR) is 105 cm³/mol. The Labute approximate surface area is 166 Å². The maximum absolute atomic E-state index is 12.8. The highest BCUT2D eigenvalue weighted by Crippen LogP contribution is 2.42. The third kappa shape index (κ3) is 2.78. The molecule has 0 saturated carbocycles. The fourth-order valence-electron chi connectivity index (χ4n) is 3.36. The summed E-state index contributed by atoms with van der Waals surface area (Å²) in [4.78, 5) is 20.1. The summed E-state index contributed by atoms with van der Waals surface area (Å²) in [6.45, 7) is 0.183. The molecule has 0 aliphatic carbocycles. The molecule has 0 aromatic heterocycles. The van der Waals surface area contributed by atoms with Crippen LogP contribution in [0.1, 0.15) is 11.7 Å². The molecular weight excluding hydrogens is 380 g/mol. The Kier molecular flexibility index (Phi) is 3.98. The van der Waals surface area contributed by atoms with E-state index in [0.29, 0.717) is 22.2 Å². The Bertz CT molecular complexity index is 1030. The standard InChI is InChI=1S/C21H15ClN2O4/c22-15-7-9-16(10-8-15)23-20(14-6-11-18-19(12-14)27-13-26-18)24(28-21(23)25)17-4-2-1-3-5-17/h1-12,20H,13H2/t20-/m1/s1. The molecule has 0 N–H and O–H groups in total. The van der Waals surface area contributed by atoms with Gasteiger partial charge in [-0.2, -0.15) is 5.06 Å². The minimum Gasteiger partial charge on any atom is -0.454 e. The zero-order valence-corrected chi connectivity index (χ0v) is 15.4. The number of anilines is 2. The highest BCUT2D eigenvalue weighted by molar-refractivity contribution is 6.30. The molecule has 2 aliphatic heterocycles. The number of benzene rings is 3. The first-order chi connectivity index (χ1) is 13.7. The molecule has 1 atom stereocenters. The van der Waals surface area contributed by atoms with Gasteiger partial charge >= 0.3 is 6.09 Å². The fraction of sp³-hybridized carbons (Fsp3) is 0.0952. The van der Waals surface area contributed by atoms with Gasteiger partial charge in [-0.15, -0.1) is 0 Å². The SMILES string of the molecule is O=C1ON(c2ccccc2)[C@H](c2ccc3c(c2)OCO3)N1c1ccc(Cl)cc1. The van der Waals surface area contributed by atoms with E-state index in [9.17, 15) is 4.79 Å². The van der Waals surface area contributed by atoms with Crippen LogP contribution in [0, 0.1) is 0 Å². The molecule has 28 heavy (non-hydrogen) atoms. The third-order valence-electron chi connectivity index (χ3n) is 4.65. The lowest BCUT2D eigenvalue weighted by molar-refractivity contribution is 0.164. The van der Waals surface area contributed by atoms with Gasteiger partial charge in [0.2, 0.25) is 6.79 Å². The number of rotatable bonds is 3. The molecule has 5 rings (SSSR count). The van der Waals surface area contributed by atoms with Crippen LogP contribution in [0.4, 0.5) is 16.2 Å². The van der Waals surface area contributed by atoms with Crippen LogP contribution in [0.15, 0.2) is 72.8 Å². The van der Waals surface area contributed by atoms with Crippen molar-refractivity contribution >= 4 is 29.1 Å². The van der Waals surface area contributed by atoms with Crippen molar-refractivity contribution in [2.75, 3.05) is 16.8 Å². The van der Waals surface area contributed by atoms with Crippen LogP contribution in [0.5, 0.6) is 11.5 Å². The monoisotopic (exact) mass is 394 g/mol. The molecule has 2 aliphatic rings. The van der Waals surface area contributed by atoms with Crippen molar-refractivity contribution < 1.29 is 19.1 Å². The summed E-state index contributed by atoms with van der Waals surface area (Å²) >= 11 is 6.02. The summed E-state index contributed by atoms with van der Waals surface area (Å²) in [5.74, 6) is 1.32. The normalized spacial score (nSPS) is 17.8. The quantitative estimate of drug-likeness (QED) is 0.615. The molecular formula is C21H15ClN2O4. The number of nitrogens with zero attached hydrogens (tertiary/aromatic N) is 2. The van der Waals surface area contributed by atoms with Gasteiger partial charge < -0.3 is 14.3 Å². The molecule has 2 heterocycles. The van der Waals surface area contributed by atoms with E-state index in [1.165, 1.54) is 0 Å². The van der Waals surface area contributed by atoms with E-state index in [1.54, 1.807) is 34.2 Å². The van der Waals surface area contributed by atoms with E-state index in [0.717, 1.165) is 11.3 Å². The number of hydroxylamine groups is 1. The number of hydrogen-bond acceptors (Lipinski definition) is 5. The Hall–Kier alpha value is -3.38. The van der Waals surface area contributed by atoms with Crippen molar-refractivity contribution in [2.24, 2.45) is 0 Å². The van der Waals surface area contributed by atoms with Crippen LogP contribution in [0.3, 0.4) is 0 Å². The Morgan fingerprint density at radius 1 is 0.857 bits per heavy atom. The van der Waals surface area contributed by atoms with Crippen LogP contribution in [-0.4, -0.2) is 12.9 Å². The smallest absolute Gasteiger partial charge is 0.440 e. The number of carbonyl (C=O) groups is 1. The number of para-hydroxylation sites is 1. The van der Waals surface area contributed by atoms with E-state index < -0.39 is 12.3 Å². The predicted octanol–water partition coefficient (Wildman–Crippen LogP) is 5.15. The first-order valence-electron chi connectivity index (χ1n) is 8.71. The summed E-state index contributed by atoms with van der Waals surface area (Å²) in [5.41, 5.74) is 2.26. The van der Waals surface area contributed by atoms with Crippen LogP contribution in [0.2, 0.25) is 5.02 Å². The van der Waals surface area contributed by atoms with Crippen molar-refractivity contribution in [1.82, 2.24) is 0 Å². The van der Waals surface area contributed by atoms with E-state index in [1.807, 2.05) is 48.5 Å². The molecule has 0 radical (unpaired) electrons. The average Bonchev–Trinajstić information content (AvgIpc) is 3.33. The number of hydrogen-bond donors (Lipinski definition) is 0. The van der Waals surface area contributed by atoms with Crippen LogP contribution >= 0.6 is 11.6 Å². The maximum atomic E-state index is 12.8. The number of fused-ring (bicyclic) bond motifs is 1. The van der Waals surface area contributed by atoms with Crippen molar-refractivity contribution in [1.29, 1.82) is 0 Å². The minimum atomic E-state index is -0.523. The molecule has 7 heteroatoms. The number of halogens is 1. The first kappa shape index (κ1) is 16.8. The molecule has 6 nitrogen and oxygen atoms in total. The lowest BCUT2D eigenvalue weighted by Crippen LogP contribution is -2.31. The molecule has 3 aromatic rings. The number of carbonyl (C=O) groups excluding carboxylic acids is 1. The average molecular weight is 395 g/mol. The van der Waals surface area contributed by atoms with E-state index >= 15 is 0 Å². The molecule has 3 aromatic carbocycles. The van der Waals surface area contributed by atoms with Crippen molar-refractivity contribution in [2.45, 2.75) is 6.17 Å². The van der Waals surface area contributed by atoms with Crippen LogP contribution < -0.4 is 19.4 Å². The lowest BCUT2D eigenvalue weighted by Gasteiger charge is -2.27. The second-order valence-electron chi connectivity index (χ2n) is 6.35. The second kappa shape index (κ2) is 6.65. The first-order valence-corrected chi connectivity index (χ1v) is 9.09. The third-order valence-corrected chi connectivity index (χ3v) is 4.90. The van der Waals surface area contributed by atoms with Gasteiger partial charge in [0.05, 0.1) is 5.69 Å². The van der Waals surface area contributed by atoms with Gasteiger partial charge in [-0.3, -0.25) is 0 Å². The molecule has 0 spiro atoms. The van der Waals surface area contributed by atoms with Crippen LogP contribution in [-0.2, 0) is 4.84 Å². The van der Waals surface area contributed by atoms with Crippen molar-refractivity contribution in [3.63, 3.8) is 0 Å². The minimum absolute atomic E-state index is 0.183. The molecule has 1 fully saturated rings. The summed E-state index contributed by atoms with van der Waals surface area (Å²) in [5, 5.41) is 2.19. The van der Waals surface area contributed by atoms with Crippen LogP contribution in [0.25, 0.3) is 0 Å². The molecule has 1 amide bonds. The molecule has 0 unspecified atom stereocenters. The highest BCUT2D eigenvalue weighted by Gasteiger charge is 2.43. The zero-order valence-electron chi connectivity index (χ0n) is 14.6. The van der Waals surface area contributed by atoms with Gasteiger partial charge in [0.25, 0.3) is 0 Å². The Balaban J connectivity index is 1.63. The summed E-state index contributed by atoms with van der Waals surface area (Å²) < 4.78 is 10.9. The van der Waals surface area contributed by atoms with E-state index in [2.05, 4.69) is 0 Å².